The number of rotatable bonds is 9. The number of amides is 3. The molecule has 1 aliphatic heterocycles. The molecule has 3 atom stereocenters. The Hall–Kier alpha value is -3.25. The molecular weight excluding hydrogens is 446 g/mol. The number of hydrogen-bond donors (Lipinski definition) is 4. The molecular formula is C23H26ClN5O4. The molecule has 2 fully saturated rings. The van der Waals surface area contributed by atoms with Crippen LogP contribution in [-0.4, -0.2) is 48.4 Å². The Labute approximate surface area is 196 Å². The molecule has 2 heterocycles. The van der Waals surface area contributed by atoms with Crippen LogP contribution in [0, 0.1) is 23.2 Å². The second kappa shape index (κ2) is 9.71. The number of nitrogens with zero attached hydrogens (tertiary/aromatic N) is 1. The van der Waals surface area contributed by atoms with Gasteiger partial charge in [-0.1, -0.05) is 24.4 Å². The summed E-state index contributed by atoms with van der Waals surface area (Å²) in [4.78, 5) is 40.8. The Morgan fingerprint density at radius 2 is 2.06 bits per heavy atom. The zero-order valence-corrected chi connectivity index (χ0v) is 19.0. The van der Waals surface area contributed by atoms with Crippen LogP contribution in [0.5, 0.6) is 5.75 Å². The highest BCUT2D eigenvalue weighted by Gasteiger charge is 2.33. The fourth-order valence-corrected chi connectivity index (χ4v) is 4.45. The third kappa shape index (κ3) is 5.22. The highest BCUT2D eigenvalue weighted by Crippen LogP contribution is 2.35. The third-order valence-electron chi connectivity index (χ3n) is 6.20. The number of H-pyrrole nitrogens is 1. The van der Waals surface area contributed by atoms with Crippen molar-refractivity contribution in [2.45, 2.75) is 44.2 Å². The van der Waals surface area contributed by atoms with Gasteiger partial charge in [0.05, 0.1) is 18.2 Å². The van der Waals surface area contributed by atoms with Crippen LogP contribution in [0.15, 0.2) is 18.2 Å². The molecule has 2 aromatic rings. The molecule has 0 radical (unpaired) electrons. The lowest BCUT2D eigenvalue weighted by atomic mass is 9.98. The van der Waals surface area contributed by atoms with E-state index in [0.29, 0.717) is 47.0 Å². The summed E-state index contributed by atoms with van der Waals surface area (Å²) in [5.41, 5.74) is 0.961. The summed E-state index contributed by atoms with van der Waals surface area (Å²) in [6, 6.07) is 5.55. The average Bonchev–Trinajstić information content (AvgIpc) is 3.36. The number of aromatic amines is 1. The number of benzene rings is 1. The van der Waals surface area contributed by atoms with Crippen molar-refractivity contribution < 1.29 is 19.1 Å². The maximum absolute atomic E-state index is 13.0. The maximum Gasteiger partial charge on any atom is 0.268 e. The SMILES string of the molecule is COc1c(Cl)ccc2[nH]c(C(=O)N[C@@H](CC3CC3)C(=O)N[C@H](C#N)C[C@@H]3CCNC3=O)cc12. The van der Waals surface area contributed by atoms with Crippen LogP contribution in [0.4, 0.5) is 0 Å². The van der Waals surface area contributed by atoms with E-state index in [1.807, 2.05) is 0 Å². The zero-order valence-electron chi connectivity index (χ0n) is 18.2. The summed E-state index contributed by atoms with van der Waals surface area (Å²) in [6.07, 6.45) is 3.40. The van der Waals surface area contributed by atoms with Gasteiger partial charge in [0, 0.05) is 23.4 Å². The quantitative estimate of drug-likeness (QED) is 0.444. The molecule has 4 rings (SSSR count). The number of ether oxygens (including phenoxy) is 1. The Balaban J connectivity index is 1.46. The van der Waals surface area contributed by atoms with Gasteiger partial charge >= 0.3 is 0 Å². The molecule has 1 aromatic heterocycles. The fourth-order valence-electron chi connectivity index (χ4n) is 4.21. The summed E-state index contributed by atoms with van der Waals surface area (Å²) >= 11 is 6.17. The Bertz CT molecular complexity index is 1120. The van der Waals surface area contributed by atoms with E-state index in [1.54, 1.807) is 18.2 Å². The van der Waals surface area contributed by atoms with Crippen molar-refractivity contribution in [1.29, 1.82) is 5.26 Å². The van der Waals surface area contributed by atoms with Crippen LogP contribution >= 0.6 is 11.6 Å². The molecule has 4 N–H and O–H groups in total. The van der Waals surface area contributed by atoms with E-state index >= 15 is 0 Å². The Morgan fingerprint density at radius 1 is 1.27 bits per heavy atom. The molecule has 1 saturated heterocycles. The van der Waals surface area contributed by atoms with Gasteiger partial charge < -0.3 is 25.7 Å². The predicted molar refractivity (Wildman–Crippen MR) is 122 cm³/mol. The van der Waals surface area contributed by atoms with E-state index in [1.165, 1.54) is 7.11 Å². The van der Waals surface area contributed by atoms with Crippen molar-refractivity contribution in [3.05, 3.63) is 28.9 Å². The van der Waals surface area contributed by atoms with Crippen molar-refractivity contribution in [1.82, 2.24) is 20.9 Å². The summed E-state index contributed by atoms with van der Waals surface area (Å²) in [7, 11) is 1.50. The first-order valence-electron chi connectivity index (χ1n) is 11.0. The van der Waals surface area contributed by atoms with E-state index < -0.39 is 23.9 Å². The smallest absolute Gasteiger partial charge is 0.268 e. The Kier molecular flexibility index (Phi) is 6.75. The normalized spacial score (nSPS) is 19.4. The van der Waals surface area contributed by atoms with Gasteiger partial charge in [-0.25, -0.2) is 0 Å². The number of fused-ring (bicyclic) bond motifs is 1. The van der Waals surface area contributed by atoms with Gasteiger partial charge in [0.1, 0.15) is 23.5 Å². The van der Waals surface area contributed by atoms with Crippen LogP contribution < -0.4 is 20.7 Å². The number of hydrogen-bond acceptors (Lipinski definition) is 5. The van der Waals surface area contributed by atoms with Crippen molar-refractivity contribution >= 4 is 40.2 Å². The van der Waals surface area contributed by atoms with E-state index in [-0.39, 0.29) is 23.9 Å². The number of nitrogens with one attached hydrogen (secondary N) is 4. The van der Waals surface area contributed by atoms with Gasteiger partial charge in [0.15, 0.2) is 0 Å². The highest BCUT2D eigenvalue weighted by atomic mass is 35.5. The van der Waals surface area contributed by atoms with E-state index in [0.717, 1.165) is 12.8 Å². The number of carbonyl (C=O) groups excluding carboxylic acids is 3. The molecule has 0 spiro atoms. The van der Waals surface area contributed by atoms with E-state index in [4.69, 9.17) is 16.3 Å². The van der Waals surface area contributed by atoms with Gasteiger partial charge in [-0.2, -0.15) is 5.26 Å². The second-order valence-corrected chi connectivity index (χ2v) is 9.04. The minimum atomic E-state index is -0.801. The van der Waals surface area contributed by atoms with Gasteiger partial charge in [-0.3, -0.25) is 14.4 Å². The first-order valence-corrected chi connectivity index (χ1v) is 11.4. The molecule has 174 valence electrons. The lowest BCUT2D eigenvalue weighted by Crippen LogP contribution is -2.50. The summed E-state index contributed by atoms with van der Waals surface area (Å²) in [5, 5.41) is 18.9. The van der Waals surface area contributed by atoms with Crippen LogP contribution in [0.1, 0.15) is 42.6 Å². The van der Waals surface area contributed by atoms with Gasteiger partial charge in [-0.05, 0) is 43.4 Å². The summed E-state index contributed by atoms with van der Waals surface area (Å²) in [6.45, 7) is 0.580. The maximum atomic E-state index is 13.0. The molecule has 1 aromatic carbocycles. The monoisotopic (exact) mass is 471 g/mol. The predicted octanol–water partition coefficient (Wildman–Crippen LogP) is 2.26. The molecule has 33 heavy (non-hydrogen) atoms. The number of aromatic nitrogens is 1. The molecule has 0 unspecified atom stereocenters. The number of nitriles is 1. The largest absolute Gasteiger partial charge is 0.494 e. The molecule has 0 bridgehead atoms. The van der Waals surface area contributed by atoms with E-state index in [9.17, 15) is 19.6 Å². The molecule has 3 amide bonds. The van der Waals surface area contributed by atoms with Crippen molar-refractivity contribution in [2.75, 3.05) is 13.7 Å². The van der Waals surface area contributed by atoms with E-state index in [2.05, 4.69) is 27.0 Å². The van der Waals surface area contributed by atoms with Gasteiger partial charge in [-0.15, -0.1) is 0 Å². The number of carbonyl (C=O) groups is 3. The van der Waals surface area contributed by atoms with Crippen molar-refractivity contribution in [3.63, 3.8) is 0 Å². The minimum Gasteiger partial charge on any atom is -0.494 e. The van der Waals surface area contributed by atoms with Gasteiger partial charge in [0.2, 0.25) is 11.8 Å². The standard InChI is InChI=1S/C23H26ClN5O4/c1-33-20-15-10-19(28-17(15)5-4-16(20)24)23(32)29-18(8-12-2-3-12)22(31)27-14(11-25)9-13-6-7-26-21(13)30/h4-5,10,12-14,18,28H,2-3,6-9H2,1H3,(H,26,30)(H,27,31)(H,29,32)/t13-,14-,18-/m0/s1. The number of methoxy groups -OCH3 is 1. The van der Waals surface area contributed by atoms with Crippen LogP contribution in [0.25, 0.3) is 10.9 Å². The Morgan fingerprint density at radius 3 is 2.70 bits per heavy atom. The second-order valence-electron chi connectivity index (χ2n) is 8.63. The fraction of sp³-hybridized carbons (Fsp3) is 0.478. The van der Waals surface area contributed by atoms with Crippen molar-refractivity contribution in [3.8, 4) is 11.8 Å². The topological polar surface area (TPSA) is 136 Å². The highest BCUT2D eigenvalue weighted by molar-refractivity contribution is 6.33. The summed E-state index contributed by atoms with van der Waals surface area (Å²) in [5.74, 6) is -0.416. The molecule has 1 saturated carbocycles. The van der Waals surface area contributed by atoms with Gasteiger partial charge in [0.25, 0.3) is 5.91 Å². The van der Waals surface area contributed by atoms with Crippen LogP contribution in [-0.2, 0) is 9.59 Å². The number of halogens is 1. The van der Waals surface area contributed by atoms with Crippen LogP contribution in [0.3, 0.4) is 0 Å². The molecule has 1 aliphatic carbocycles. The molecule has 10 heteroatoms. The zero-order chi connectivity index (χ0) is 23.5. The first-order chi connectivity index (χ1) is 15.9. The molecule has 2 aliphatic rings. The lowest BCUT2D eigenvalue weighted by Gasteiger charge is -2.21. The lowest BCUT2D eigenvalue weighted by molar-refractivity contribution is -0.125. The molecule has 9 nitrogen and oxygen atoms in total. The third-order valence-corrected chi connectivity index (χ3v) is 6.50. The van der Waals surface area contributed by atoms with Crippen LogP contribution in [0.2, 0.25) is 5.02 Å². The van der Waals surface area contributed by atoms with Crippen molar-refractivity contribution in [2.24, 2.45) is 11.8 Å². The summed E-state index contributed by atoms with van der Waals surface area (Å²) < 4.78 is 5.34. The minimum absolute atomic E-state index is 0.0957. The average molecular weight is 472 g/mol. The first kappa shape index (κ1) is 22.9.